The number of ketones is 2. The van der Waals surface area contributed by atoms with Gasteiger partial charge >= 0.3 is 0 Å². The Morgan fingerprint density at radius 2 is 1.84 bits per heavy atom. The Hall–Kier alpha value is -0.960. The molecular weight excluding hydrogens is 396 g/mol. The topological polar surface area (TPSA) is 54.4 Å². The average Bonchev–Trinajstić information content (AvgIpc) is 3.05. The monoisotopic (exact) mass is 442 g/mol. The van der Waals surface area contributed by atoms with E-state index in [9.17, 15) is 14.7 Å². The smallest absolute Gasteiger partial charge is 0.159 e. The molecular formula is C29H46O3. The molecule has 32 heavy (non-hydrogen) atoms. The fourth-order valence-corrected chi connectivity index (χ4v) is 9.10. The molecule has 0 aromatic rings. The van der Waals surface area contributed by atoms with Crippen LogP contribution in [0.1, 0.15) is 99.3 Å². The third kappa shape index (κ3) is 3.75. The molecule has 9 atom stereocenters. The van der Waals surface area contributed by atoms with Gasteiger partial charge < -0.3 is 5.11 Å². The number of allylic oxidation sites excluding steroid dienone is 1. The third-order valence-corrected chi connectivity index (χ3v) is 10.8. The predicted octanol–water partition coefficient (Wildman–Crippen LogP) is 6.38. The standard InChI is InChI=1S/C29H46O3/c1-17(2)8-7-9-18(3)22-10-11-23-27-24(12-13-28(22,23)5)29(6)20(15-26(27)32)14-21(31)16-25(29)19(4)30/h15,17-18,21-25,27,31H,7-14,16H2,1-6H3/t18-,21-,22-,23+,24+,25?,27+,28-,29-/m1/s1. The Morgan fingerprint density at radius 1 is 1.12 bits per heavy atom. The van der Waals surface area contributed by atoms with Crippen LogP contribution in [0.15, 0.2) is 11.6 Å². The molecule has 1 N–H and O–H groups in total. The van der Waals surface area contributed by atoms with Crippen molar-refractivity contribution in [2.24, 2.45) is 52.3 Å². The number of hydrogen-bond acceptors (Lipinski definition) is 3. The number of aliphatic hydroxyl groups excluding tert-OH is 1. The predicted molar refractivity (Wildman–Crippen MR) is 129 cm³/mol. The average molecular weight is 443 g/mol. The van der Waals surface area contributed by atoms with Crippen molar-refractivity contribution in [2.75, 3.05) is 0 Å². The zero-order valence-corrected chi connectivity index (χ0v) is 21.3. The molecule has 4 rings (SSSR count). The van der Waals surface area contributed by atoms with Gasteiger partial charge in [-0.2, -0.15) is 0 Å². The van der Waals surface area contributed by atoms with Crippen LogP contribution in [0.25, 0.3) is 0 Å². The summed E-state index contributed by atoms with van der Waals surface area (Å²) in [5.41, 5.74) is 1.05. The summed E-state index contributed by atoms with van der Waals surface area (Å²) in [5, 5.41) is 10.5. The fourth-order valence-electron chi connectivity index (χ4n) is 9.10. The minimum Gasteiger partial charge on any atom is -0.393 e. The molecule has 0 saturated heterocycles. The van der Waals surface area contributed by atoms with Crippen molar-refractivity contribution in [3.8, 4) is 0 Å². The molecule has 3 nitrogen and oxygen atoms in total. The normalized spacial score (nSPS) is 44.5. The summed E-state index contributed by atoms with van der Waals surface area (Å²) in [7, 11) is 0. The lowest BCUT2D eigenvalue weighted by molar-refractivity contribution is -0.145. The fraction of sp³-hybridized carbons (Fsp3) is 0.862. The van der Waals surface area contributed by atoms with Gasteiger partial charge in [0.15, 0.2) is 5.78 Å². The molecule has 0 bridgehead atoms. The Balaban J connectivity index is 1.61. The van der Waals surface area contributed by atoms with Gasteiger partial charge in [0.1, 0.15) is 5.78 Å². The van der Waals surface area contributed by atoms with Gasteiger partial charge in [0.25, 0.3) is 0 Å². The highest BCUT2D eigenvalue weighted by molar-refractivity contribution is 5.95. The van der Waals surface area contributed by atoms with E-state index in [1.165, 1.54) is 32.1 Å². The number of carbonyl (C=O) groups excluding carboxylic acids is 2. The quantitative estimate of drug-likeness (QED) is 0.519. The molecule has 3 heteroatoms. The van der Waals surface area contributed by atoms with E-state index in [2.05, 4.69) is 34.6 Å². The first-order valence-electron chi connectivity index (χ1n) is 13.4. The molecule has 4 aliphatic carbocycles. The zero-order valence-electron chi connectivity index (χ0n) is 21.3. The van der Waals surface area contributed by atoms with Crippen molar-refractivity contribution in [1.29, 1.82) is 0 Å². The maximum Gasteiger partial charge on any atom is 0.159 e. The van der Waals surface area contributed by atoms with Crippen LogP contribution in [0.4, 0.5) is 0 Å². The van der Waals surface area contributed by atoms with Crippen LogP contribution in [-0.2, 0) is 9.59 Å². The SMILES string of the molecule is CC(=O)C1C[C@H](O)CC2=CC(=O)[C@H]3[C@@H]4CC[C@H]([C@H](C)CCCC(C)C)[C@@]4(C)CC[C@@H]3[C@@]21C. The minimum absolute atomic E-state index is 0.0625. The Morgan fingerprint density at radius 3 is 2.50 bits per heavy atom. The van der Waals surface area contributed by atoms with Crippen LogP contribution in [0.3, 0.4) is 0 Å². The third-order valence-electron chi connectivity index (χ3n) is 10.8. The molecule has 0 aromatic carbocycles. The number of fused-ring (bicyclic) bond motifs is 5. The molecule has 1 unspecified atom stereocenters. The van der Waals surface area contributed by atoms with Gasteiger partial charge in [0, 0.05) is 17.3 Å². The lowest BCUT2D eigenvalue weighted by atomic mass is 9.44. The van der Waals surface area contributed by atoms with Crippen LogP contribution in [0, 0.1) is 52.3 Å². The highest BCUT2D eigenvalue weighted by Crippen LogP contribution is 2.67. The van der Waals surface area contributed by atoms with Gasteiger partial charge in [-0.1, -0.05) is 59.5 Å². The van der Waals surface area contributed by atoms with Gasteiger partial charge in [-0.05, 0) is 86.5 Å². The zero-order chi connectivity index (χ0) is 23.4. The molecule has 180 valence electrons. The number of Topliss-reactive ketones (excluding diaryl/α,β-unsaturated/α-hetero) is 1. The molecule has 0 radical (unpaired) electrons. The van der Waals surface area contributed by atoms with Gasteiger partial charge in [-0.15, -0.1) is 0 Å². The lowest BCUT2D eigenvalue weighted by Gasteiger charge is -2.59. The summed E-state index contributed by atoms with van der Waals surface area (Å²) in [6.07, 6.45) is 11.1. The number of hydrogen-bond donors (Lipinski definition) is 1. The van der Waals surface area contributed by atoms with Gasteiger partial charge in [0.05, 0.1) is 6.10 Å². The molecule has 3 saturated carbocycles. The van der Waals surface area contributed by atoms with Crippen molar-refractivity contribution < 1.29 is 14.7 Å². The van der Waals surface area contributed by atoms with Gasteiger partial charge in [0.2, 0.25) is 0 Å². The molecule has 4 aliphatic rings. The number of rotatable bonds is 6. The van der Waals surface area contributed by atoms with Gasteiger partial charge in [-0.25, -0.2) is 0 Å². The van der Waals surface area contributed by atoms with Crippen molar-refractivity contribution >= 4 is 11.6 Å². The lowest BCUT2D eigenvalue weighted by Crippen LogP contribution is -2.57. The maximum absolute atomic E-state index is 13.6. The Kier molecular flexibility index (Phi) is 6.55. The minimum atomic E-state index is -0.496. The van der Waals surface area contributed by atoms with E-state index in [1.807, 2.05) is 6.08 Å². The summed E-state index contributed by atoms with van der Waals surface area (Å²) >= 11 is 0. The van der Waals surface area contributed by atoms with E-state index >= 15 is 0 Å². The van der Waals surface area contributed by atoms with E-state index in [4.69, 9.17) is 0 Å². The first-order chi connectivity index (χ1) is 15.0. The Labute approximate surface area is 195 Å². The van der Waals surface area contributed by atoms with Crippen molar-refractivity contribution in [1.82, 2.24) is 0 Å². The highest BCUT2D eigenvalue weighted by atomic mass is 16.3. The molecule has 0 aliphatic heterocycles. The summed E-state index contributed by atoms with van der Waals surface area (Å²) in [6, 6.07) is 0. The van der Waals surface area contributed by atoms with Crippen molar-refractivity contribution in [3.05, 3.63) is 11.6 Å². The second kappa shape index (κ2) is 8.67. The first kappa shape index (κ1) is 24.2. The second-order valence-corrected chi connectivity index (χ2v) is 12.9. The van der Waals surface area contributed by atoms with Crippen LogP contribution in [-0.4, -0.2) is 22.8 Å². The molecule has 0 heterocycles. The number of carbonyl (C=O) groups is 2. The maximum atomic E-state index is 13.6. The molecule has 3 fully saturated rings. The van der Waals surface area contributed by atoms with E-state index in [0.717, 1.165) is 30.3 Å². The van der Waals surface area contributed by atoms with E-state index < -0.39 is 6.10 Å². The molecule has 0 aromatic heterocycles. The number of aliphatic hydroxyl groups is 1. The van der Waals surface area contributed by atoms with Crippen molar-refractivity contribution in [3.63, 3.8) is 0 Å². The van der Waals surface area contributed by atoms with Crippen LogP contribution < -0.4 is 0 Å². The molecule has 0 amide bonds. The van der Waals surface area contributed by atoms with Crippen LogP contribution >= 0.6 is 0 Å². The summed E-state index contributed by atoms with van der Waals surface area (Å²) in [4.78, 5) is 26.3. The van der Waals surface area contributed by atoms with Crippen LogP contribution in [0.2, 0.25) is 0 Å². The second-order valence-electron chi connectivity index (χ2n) is 12.9. The van der Waals surface area contributed by atoms with Crippen LogP contribution in [0.5, 0.6) is 0 Å². The van der Waals surface area contributed by atoms with Crippen molar-refractivity contribution in [2.45, 2.75) is 105 Å². The molecule has 0 spiro atoms. The highest BCUT2D eigenvalue weighted by Gasteiger charge is 2.63. The summed E-state index contributed by atoms with van der Waals surface area (Å²) in [5.74, 6) is 3.28. The van der Waals surface area contributed by atoms with E-state index in [0.29, 0.717) is 30.5 Å². The summed E-state index contributed by atoms with van der Waals surface area (Å²) in [6.45, 7) is 13.5. The first-order valence-corrected chi connectivity index (χ1v) is 13.4. The summed E-state index contributed by atoms with van der Waals surface area (Å²) < 4.78 is 0. The Bertz CT molecular complexity index is 781. The van der Waals surface area contributed by atoms with E-state index in [-0.39, 0.29) is 34.4 Å². The van der Waals surface area contributed by atoms with E-state index in [1.54, 1.807) is 6.92 Å². The van der Waals surface area contributed by atoms with Gasteiger partial charge in [-0.3, -0.25) is 9.59 Å². The largest absolute Gasteiger partial charge is 0.393 e.